The first-order valence-corrected chi connectivity index (χ1v) is 2.78. The molecule has 8 heavy (non-hydrogen) atoms. The average molecular weight is 119 g/mol. The molecule has 0 radical (unpaired) electrons. The van der Waals surface area contributed by atoms with Gasteiger partial charge in [-0.2, -0.15) is 0 Å². The van der Waals surface area contributed by atoms with Gasteiger partial charge in [-0.05, 0) is 13.3 Å². The van der Waals surface area contributed by atoms with Crippen molar-refractivity contribution in [1.29, 1.82) is 0 Å². The molecule has 0 saturated heterocycles. The summed E-state index contributed by atoms with van der Waals surface area (Å²) >= 11 is 0. The molecule has 0 spiro atoms. The Kier molecular flexibility index (Phi) is 4.95. The van der Waals surface area contributed by atoms with Crippen LogP contribution in [0.3, 0.4) is 0 Å². The molecular formula is C5H13NO2. The van der Waals surface area contributed by atoms with E-state index in [2.05, 4.69) is 4.84 Å². The zero-order valence-corrected chi connectivity index (χ0v) is 5.39. The molecule has 0 amide bonds. The summed E-state index contributed by atoms with van der Waals surface area (Å²) in [4.78, 5) is 4.33. The van der Waals surface area contributed by atoms with Crippen LogP contribution in [0.25, 0.3) is 0 Å². The fourth-order valence-electron chi connectivity index (χ4n) is 0.323. The first-order chi connectivity index (χ1) is 3.81. The fourth-order valence-corrected chi connectivity index (χ4v) is 0.323. The Morgan fingerprint density at radius 3 is 2.62 bits per heavy atom. The molecular weight excluding hydrogens is 106 g/mol. The first-order valence-electron chi connectivity index (χ1n) is 2.78. The van der Waals surface area contributed by atoms with E-state index < -0.39 is 0 Å². The van der Waals surface area contributed by atoms with Crippen molar-refractivity contribution in [2.75, 3.05) is 6.61 Å². The second kappa shape index (κ2) is 5.03. The van der Waals surface area contributed by atoms with E-state index in [9.17, 15) is 0 Å². The van der Waals surface area contributed by atoms with Crippen LogP contribution in [0, 0.1) is 0 Å². The molecule has 0 aliphatic carbocycles. The van der Waals surface area contributed by atoms with E-state index in [4.69, 9.17) is 10.6 Å². The van der Waals surface area contributed by atoms with Gasteiger partial charge in [-0.25, -0.2) is 5.90 Å². The molecule has 3 nitrogen and oxygen atoms in total. The van der Waals surface area contributed by atoms with E-state index in [1.54, 1.807) is 6.92 Å². The van der Waals surface area contributed by atoms with Crippen molar-refractivity contribution in [2.24, 2.45) is 5.90 Å². The van der Waals surface area contributed by atoms with Crippen LogP contribution in [0.4, 0.5) is 0 Å². The summed E-state index contributed by atoms with van der Waals surface area (Å²) in [5.74, 6) is 4.79. The molecule has 1 unspecified atom stereocenters. The van der Waals surface area contributed by atoms with Gasteiger partial charge in [-0.15, -0.1) is 0 Å². The lowest BCUT2D eigenvalue weighted by molar-refractivity contribution is -0.132. The van der Waals surface area contributed by atoms with E-state index >= 15 is 0 Å². The van der Waals surface area contributed by atoms with E-state index in [0.717, 1.165) is 6.42 Å². The van der Waals surface area contributed by atoms with Crippen LogP contribution >= 0.6 is 0 Å². The Morgan fingerprint density at radius 1 is 1.62 bits per heavy atom. The SMILES string of the molecule is CCCOC(C)ON. The molecule has 0 aromatic rings. The summed E-state index contributed by atoms with van der Waals surface area (Å²) in [5.41, 5.74) is 0. The largest absolute Gasteiger partial charge is 0.351 e. The Labute approximate surface area is 49.7 Å². The zero-order valence-electron chi connectivity index (χ0n) is 5.39. The number of rotatable bonds is 4. The number of ether oxygens (including phenoxy) is 1. The lowest BCUT2D eigenvalue weighted by Crippen LogP contribution is -2.17. The van der Waals surface area contributed by atoms with Crippen molar-refractivity contribution in [3.8, 4) is 0 Å². The first kappa shape index (κ1) is 7.88. The highest BCUT2D eigenvalue weighted by Crippen LogP contribution is 1.88. The molecule has 0 saturated carbocycles. The normalized spacial score (nSPS) is 13.9. The molecule has 0 rings (SSSR count). The molecule has 0 aliphatic heterocycles. The Balaban J connectivity index is 2.86. The van der Waals surface area contributed by atoms with Crippen LogP contribution in [0.5, 0.6) is 0 Å². The third-order valence-electron chi connectivity index (χ3n) is 0.748. The van der Waals surface area contributed by atoms with Crippen molar-refractivity contribution in [3.63, 3.8) is 0 Å². The maximum atomic E-state index is 4.99. The van der Waals surface area contributed by atoms with Gasteiger partial charge in [0.05, 0.1) is 0 Å². The smallest absolute Gasteiger partial charge is 0.174 e. The summed E-state index contributed by atoms with van der Waals surface area (Å²) < 4.78 is 4.99. The van der Waals surface area contributed by atoms with E-state index in [-0.39, 0.29) is 6.29 Å². The summed E-state index contributed by atoms with van der Waals surface area (Å²) in [6, 6.07) is 0. The van der Waals surface area contributed by atoms with E-state index in [1.165, 1.54) is 0 Å². The maximum absolute atomic E-state index is 4.99. The Morgan fingerprint density at radius 2 is 2.25 bits per heavy atom. The second-order valence-electron chi connectivity index (χ2n) is 1.57. The average Bonchev–Trinajstić information content (AvgIpc) is 1.83. The van der Waals surface area contributed by atoms with Crippen molar-refractivity contribution < 1.29 is 9.57 Å². The number of hydrogen-bond donors (Lipinski definition) is 1. The maximum Gasteiger partial charge on any atom is 0.174 e. The van der Waals surface area contributed by atoms with Crippen molar-refractivity contribution in [3.05, 3.63) is 0 Å². The lowest BCUT2D eigenvalue weighted by atomic mass is 10.5. The van der Waals surface area contributed by atoms with E-state index in [1.807, 2.05) is 6.92 Å². The van der Waals surface area contributed by atoms with Gasteiger partial charge < -0.3 is 4.74 Å². The molecule has 0 aromatic heterocycles. The summed E-state index contributed by atoms with van der Waals surface area (Å²) in [6.45, 7) is 4.50. The van der Waals surface area contributed by atoms with Gasteiger partial charge in [0.25, 0.3) is 0 Å². The summed E-state index contributed by atoms with van der Waals surface area (Å²) in [7, 11) is 0. The van der Waals surface area contributed by atoms with Crippen LogP contribution < -0.4 is 5.90 Å². The minimum Gasteiger partial charge on any atom is -0.351 e. The van der Waals surface area contributed by atoms with Gasteiger partial charge in [-0.3, -0.25) is 4.84 Å². The molecule has 0 aliphatic rings. The predicted octanol–water partition coefficient (Wildman–Crippen LogP) is 0.649. The van der Waals surface area contributed by atoms with Crippen LogP contribution in [-0.4, -0.2) is 12.9 Å². The van der Waals surface area contributed by atoms with E-state index in [0.29, 0.717) is 6.61 Å². The monoisotopic (exact) mass is 119 g/mol. The molecule has 0 bridgehead atoms. The standard InChI is InChI=1S/C5H13NO2/c1-3-4-7-5(2)8-6/h5H,3-4,6H2,1-2H3. The minimum absolute atomic E-state index is 0.269. The highest BCUT2D eigenvalue weighted by molar-refractivity contribution is 4.27. The van der Waals surface area contributed by atoms with Crippen molar-refractivity contribution >= 4 is 0 Å². The number of nitrogens with two attached hydrogens (primary N) is 1. The van der Waals surface area contributed by atoms with Gasteiger partial charge in [0.1, 0.15) is 0 Å². The molecule has 1 atom stereocenters. The topological polar surface area (TPSA) is 44.5 Å². The highest BCUT2D eigenvalue weighted by atomic mass is 16.7. The van der Waals surface area contributed by atoms with Gasteiger partial charge in [0.15, 0.2) is 6.29 Å². The highest BCUT2D eigenvalue weighted by Gasteiger charge is 1.94. The molecule has 3 heteroatoms. The Bertz CT molecular complexity index is 49.7. The molecule has 50 valence electrons. The second-order valence-corrected chi connectivity index (χ2v) is 1.57. The zero-order chi connectivity index (χ0) is 6.41. The fraction of sp³-hybridized carbons (Fsp3) is 1.00. The van der Waals surface area contributed by atoms with Gasteiger partial charge in [0.2, 0.25) is 0 Å². The van der Waals surface area contributed by atoms with Gasteiger partial charge in [-0.1, -0.05) is 6.92 Å². The summed E-state index contributed by atoms with van der Waals surface area (Å²) in [6.07, 6.45) is 0.725. The van der Waals surface area contributed by atoms with Gasteiger partial charge >= 0.3 is 0 Å². The molecule has 0 fully saturated rings. The predicted molar refractivity (Wildman–Crippen MR) is 31.0 cm³/mol. The summed E-state index contributed by atoms with van der Waals surface area (Å²) in [5, 5.41) is 0. The van der Waals surface area contributed by atoms with Crippen LogP contribution in [0.2, 0.25) is 0 Å². The van der Waals surface area contributed by atoms with Crippen molar-refractivity contribution in [2.45, 2.75) is 26.6 Å². The molecule has 0 aromatic carbocycles. The molecule has 0 heterocycles. The Hall–Kier alpha value is -0.120. The van der Waals surface area contributed by atoms with Crippen LogP contribution in [-0.2, 0) is 9.57 Å². The minimum atomic E-state index is -0.269. The van der Waals surface area contributed by atoms with Crippen LogP contribution in [0.15, 0.2) is 0 Å². The van der Waals surface area contributed by atoms with Crippen molar-refractivity contribution in [1.82, 2.24) is 0 Å². The third-order valence-corrected chi connectivity index (χ3v) is 0.748. The molecule has 2 N–H and O–H groups in total. The lowest BCUT2D eigenvalue weighted by Gasteiger charge is -2.07. The van der Waals surface area contributed by atoms with Gasteiger partial charge in [0, 0.05) is 6.61 Å². The number of hydrogen-bond acceptors (Lipinski definition) is 3. The quantitative estimate of drug-likeness (QED) is 0.436. The third kappa shape index (κ3) is 4.05. The van der Waals surface area contributed by atoms with Crippen LogP contribution in [0.1, 0.15) is 20.3 Å².